The van der Waals surface area contributed by atoms with Gasteiger partial charge in [0.15, 0.2) is 21.3 Å². The minimum absolute atomic E-state index is 0.214. The highest BCUT2D eigenvalue weighted by Gasteiger charge is 2.15. The Bertz CT molecular complexity index is 1410. The van der Waals surface area contributed by atoms with Gasteiger partial charge in [-0.05, 0) is 61.1 Å². The molecule has 208 valence electrons. The van der Waals surface area contributed by atoms with Gasteiger partial charge in [-0.25, -0.2) is 23.0 Å². The second-order valence-corrected chi connectivity index (χ2v) is 11.8. The number of thiazole rings is 1. The molecule has 0 unspecified atom stereocenters. The molecule has 0 saturated carbocycles. The summed E-state index contributed by atoms with van der Waals surface area (Å²) >= 11 is 1.41. The summed E-state index contributed by atoms with van der Waals surface area (Å²) in [6.45, 7) is 1.42. The van der Waals surface area contributed by atoms with Crippen LogP contribution >= 0.6 is 11.3 Å². The molecule has 0 aliphatic carbocycles. The molecule has 12 nitrogen and oxygen atoms in total. The molecule has 2 aromatic carbocycles. The van der Waals surface area contributed by atoms with E-state index in [0.717, 1.165) is 21.7 Å². The van der Waals surface area contributed by atoms with Gasteiger partial charge in [-0.1, -0.05) is 24.3 Å². The summed E-state index contributed by atoms with van der Waals surface area (Å²) in [5.41, 5.74) is 3.33. The highest BCUT2D eigenvalue weighted by Crippen LogP contribution is 2.26. The average molecular weight is 576 g/mol. The summed E-state index contributed by atoms with van der Waals surface area (Å²) in [5.74, 6) is -0.214. The quantitative estimate of drug-likeness (QED) is 0.176. The zero-order valence-corrected chi connectivity index (χ0v) is 22.9. The zero-order valence-electron chi connectivity index (χ0n) is 21.2. The number of rotatable bonds is 12. The van der Waals surface area contributed by atoms with Crippen LogP contribution in [0.1, 0.15) is 28.6 Å². The fraction of sp³-hybridized carbons (Fsp3) is 0.280. The first-order valence-electron chi connectivity index (χ1n) is 11.8. The normalized spacial score (nSPS) is 11.2. The summed E-state index contributed by atoms with van der Waals surface area (Å²) in [6.07, 6.45) is -0.236. The summed E-state index contributed by atoms with van der Waals surface area (Å²) < 4.78 is 23.4. The fourth-order valence-corrected chi connectivity index (χ4v) is 5.38. The molecule has 0 aliphatic heterocycles. The molecule has 0 radical (unpaired) electrons. The lowest BCUT2D eigenvalue weighted by atomic mass is 10.0. The van der Waals surface area contributed by atoms with Crippen LogP contribution in [0.15, 0.2) is 53.4 Å². The summed E-state index contributed by atoms with van der Waals surface area (Å²) in [6, 6.07) is 13.9. The Morgan fingerprint density at radius 1 is 0.872 bits per heavy atom. The Labute approximate surface area is 229 Å². The number of hydrogen-bond acceptors (Lipinski definition) is 8. The zero-order chi connectivity index (χ0) is 28.6. The molecule has 1 aromatic heterocycles. The second kappa shape index (κ2) is 13.1. The number of aromatic nitrogens is 1. The molecule has 0 bridgehead atoms. The van der Waals surface area contributed by atoms with Crippen LogP contribution < -0.4 is 21.3 Å². The van der Waals surface area contributed by atoms with Crippen LogP contribution in [0.3, 0.4) is 0 Å². The molecule has 3 rings (SSSR count). The van der Waals surface area contributed by atoms with Gasteiger partial charge in [0.1, 0.15) is 0 Å². The Balaban J connectivity index is 1.66. The number of benzene rings is 2. The monoisotopic (exact) mass is 575 g/mol. The van der Waals surface area contributed by atoms with Gasteiger partial charge in [0.25, 0.3) is 0 Å². The van der Waals surface area contributed by atoms with E-state index in [0.29, 0.717) is 36.5 Å². The first kappa shape index (κ1) is 29.4. The number of carboxylic acid groups (broad SMARTS) is 2. The van der Waals surface area contributed by atoms with Crippen LogP contribution in [-0.4, -0.2) is 54.3 Å². The van der Waals surface area contributed by atoms with Crippen molar-refractivity contribution in [1.82, 2.24) is 15.6 Å². The predicted molar refractivity (Wildman–Crippen MR) is 147 cm³/mol. The Morgan fingerprint density at radius 3 is 1.92 bits per heavy atom. The summed E-state index contributed by atoms with van der Waals surface area (Å²) in [7, 11) is -3.26. The number of carbonyl (C=O) groups is 3. The van der Waals surface area contributed by atoms with Crippen molar-refractivity contribution in [2.75, 3.05) is 16.9 Å². The van der Waals surface area contributed by atoms with Crippen molar-refractivity contribution < 1.29 is 33.0 Å². The summed E-state index contributed by atoms with van der Waals surface area (Å²) in [4.78, 5) is 39.2. The van der Waals surface area contributed by atoms with E-state index in [1.54, 1.807) is 36.4 Å². The molecule has 0 fully saturated rings. The van der Waals surface area contributed by atoms with Gasteiger partial charge >= 0.3 is 12.2 Å². The minimum atomic E-state index is -3.26. The van der Waals surface area contributed by atoms with Crippen LogP contribution in [0.2, 0.25) is 0 Å². The van der Waals surface area contributed by atoms with Crippen molar-refractivity contribution in [1.29, 1.82) is 0 Å². The molecule has 14 heteroatoms. The second-order valence-electron chi connectivity index (χ2n) is 8.66. The van der Waals surface area contributed by atoms with Gasteiger partial charge in [0.05, 0.1) is 10.6 Å². The first-order chi connectivity index (χ1) is 18.4. The molecule has 0 spiro atoms. The van der Waals surface area contributed by atoms with Gasteiger partial charge in [0.2, 0.25) is 5.91 Å². The molecule has 39 heavy (non-hydrogen) atoms. The molecule has 3 aromatic rings. The largest absolute Gasteiger partial charge is 0.465 e. The molecule has 0 atom stereocenters. The number of nitrogens with one attached hydrogen (secondary N) is 4. The minimum Gasteiger partial charge on any atom is -0.465 e. The highest BCUT2D eigenvalue weighted by atomic mass is 32.2. The molecular weight excluding hydrogens is 546 g/mol. The van der Waals surface area contributed by atoms with E-state index in [4.69, 9.17) is 10.2 Å². The molecule has 0 aliphatic rings. The van der Waals surface area contributed by atoms with Gasteiger partial charge in [0, 0.05) is 23.7 Å². The van der Waals surface area contributed by atoms with Crippen LogP contribution in [0, 0.1) is 0 Å². The third kappa shape index (κ3) is 9.57. The third-order valence-corrected chi connectivity index (χ3v) is 7.71. The molecule has 1 heterocycles. The van der Waals surface area contributed by atoms with E-state index in [2.05, 4.69) is 15.6 Å². The number of sulfone groups is 1. The van der Waals surface area contributed by atoms with E-state index in [-0.39, 0.29) is 10.8 Å². The topological polar surface area (TPSA) is 187 Å². The van der Waals surface area contributed by atoms with Crippen LogP contribution in [-0.2, 0) is 40.3 Å². The van der Waals surface area contributed by atoms with Gasteiger partial charge in [-0.3, -0.25) is 15.4 Å². The number of amides is 3. The Kier molecular flexibility index (Phi) is 9.84. The van der Waals surface area contributed by atoms with Crippen molar-refractivity contribution in [2.24, 2.45) is 0 Å². The van der Waals surface area contributed by atoms with Crippen LogP contribution in [0.25, 0.3) is 0 Å². The maximum Gasteiger partial charge on any atom is 0.407 e. The maximum absolute atomic E-state index is 11.7. The number of anilines is 2. The van der Waals surface area contributed by atoms with Gasteiger partial charge in [-0.15, -0.1) is 11.3 Å². The number of hydrogen-bond donors (Lipinski definition) is 6. The number of nitrogens with zero attached hydrogens (tertiary/aromatic N) is 1. The highest BCUT2D eigenvalue weighted by molar-refractivity contribution is 7.90. The maximum atomic E-state index is 11.7. The standard InChI is InChI=1S/C25H29N5O7S2/c1-15(31)26-23-28-20(21(38-23)14-8-17-5-11-19(12-6-17)39(2,36)37)13-7-16-3-9-18(10-4-16)27-22(29-24(32)33)30-25(34)35/h3-6,9-12,22,27,29-30H,7-8,13-14H2,1-2H3,(H,32,33)(H,34,35)(H,26,28,31). The first-order valence-corrected chi connectivity index (χ1v) is 14.5. The van der Waals surface area contributed by atoms with E-state index in [9.17, 15) is 22.8 Å². The predicted octanol–water partition coefficient (Wildman–Crippen LogP) is 3.31. The Morgan fingerprint density at radius 2 is 1.41 bits per heavy atom. The van der Waals surface area contributed by atoms with Crippen molar-refractivity contribution in [3.8, 4) is 0 Å². The van der Waals surface area contributed by atoms with Gasteiger partial charge in [-0.2, -0.15) is 0 Å². The van der Waals surface area contributed by atoms with E-state index in [1.165, 1.54) is 24.5 Å². The SMILES string of the molecule is CC(=O)Nc1nc(CCc2ccc(NC(NC(=O)O)NC(=O)O)cc2)c(CCc2ccc(S(C)(=O)=O)cc2)s1. The van der Waals surface area contributed by atoms with E-state index in [1.807, 2.05) is 22.8 Å². The van der Waals surface area contributed by atoms with Gasteiger partial charge < -0.3 is 20.8 Å². The third-order valence-electron chi connectivity index (χ3n) is 5.50. The lowest BCUT2D eigenvalue weighted by Gasteiger charge is -2.19. The van der Waals surface area contributed by atoms with Crippen molar-refractivity contribution in [3.63, 3.8) is 0 Å². The fourth-order valence-electron chi connectivity index (χ4n) is 3.69. The van der Waals surface area contributed by atoms with Crippen molar-refractivity contribution in [2.45, 2.75) is 43.8 Å². The Hall–Kier alpha value is -4.17. The number of carbonyl (C=O) groups excluding carboxylic acids is 1. The van der Waals surface area contributed by atoms with E-state index >= 15 is 0 Å². The number of aryl methyl sites for hydroxylation is 4. The van der Waals surface area contributed by atoms with Crippen molar-refractivity contribution >= 4 is 50.1 Å². The van der Waals surface area contributed by atoms with Crippen molar-refractivity contribution in [3.05, 3.63) is 70.2 Å². The lowest BCUT2D eigenvalue weighted by molar-refractivity contribution is -0.114. The van der Waals surface area contributed by atoms with E-state index < -0.39 is 28.3 Å². The summed E-state index contributed by atoms with van der Waals surface area (Å²) in [5, 5.41) is 27.8. The average Bonchev–Trinajstić information content (AvgIpc) is 3.21. The molecule has 6 N–H and O–H groups in total. The lowest BCUT2D eigenvalue weighted by Crippen LogP contribution is -2.52. The molecule has 0 saturated heterocycles. The smallest absolute Gasteiger partial charge is 0.407 e. The molecule has 3 amide bonds. The van der Waals surface area contributed by atoms with Crippen LogP contribution in [0.5, 0.6) is 0 Å². The van der Waals surface area contributed by atoms with Crippen LogP contribution in [0.4, 0.5) is 20.4 Å². The molecular formula is C25H29N5O7S2.